The van der Waals surface area contributed by atoms with E-state index in [1.807, 2.05) is 30.0 Å². The fourth-order valence-corrected chi connectivity index (χ4v) is 3.05. The van der Waals surface area contributed by atoms with Gasteiger partial charge in [0.15, 0.2) is 5.69 Å². The molecule has 1 aromatic carbocycles. The minimum Gasteiger partial charge on any atom is -0.494 e. The van der Waals surface area contributed by atoms with E-state index in [-0.39, 0.29) is 11.9 Å². The van der Waals surface area contributed by atoms with E-state index in [1.165, 1.54) is 0 Å². The van der Waals surface area contributed by atoms with Crippen LogP contribution in [0.15, 0.2) is 30.5 Å². The van der Waals surface area contributed by atoms with E-state index in [4.69, 9.17) is 10.5 Å². The first-order valence-corrected chi connectivity index (χ1v) is 7.85. The number of hydrogen-bond acceptors (Lipinski definition) is 4. The van der Waals surface area contributed by atoms with Gasteiger partial charge in [0.25, 0.3) is 5.91 Å². The number of likely N-dealkylation sites (tertiary alicyclic amines) is 1. The maximum atomic E-state index is 12.6. The van der Waals surface area contributed by atoms with Crippen molar-refractivity contribution in [2.45, 2.75) is 25.8 Å². The molecule has 1 fully saturated rings. The molecule has 1 aromatic heterocycles. The van der Waals surface area contributed by atoms with Crippen molar-refractivity contribution in [2.75, 3.05) is 20.2 Å². The molecular weight excluding hydrogens is 292 g/mol. The molecule has 0 aliphatic carbocycles. The molecule has 1 aliphatic heterocycles. The third kappa shape index (κ3) is 2.94. The highest BCUT2D eigenvalue weighted by Crippen LogP contribution is 2.24. The third-order valence-electron chi connectivity index (χ3n) is 4.30. The minimum atomic E-state index is -0.0525. The van der Waals surface area contributed by atoms with Crippen molar-refractivity contribution < 1.29 is 9.53 Å². The molecule has 1 aliphatic rings. The van der Waals surface area contributed by atoms with Gasteiger partial charge in [-0.3, -0.25) is 4.79 Å². The first kappa shape index (κ1) is 15.6. The second kappa shape index (κ2) is 6.42. The van der Waals surface area contributed by atoms with E-state index in [1.54, 1.807) is 24.1 Å². The summed E-state index contributed by atoms with van der Waals surface area (Å²) in [6.45, 7) is 3.26. The van der Waals surface area contributed by atoms with E-state index in [0.29, 0.717) is 12.2 Å². The molecule has 0 saturated carbocycles. The van der Waals surface area contributed by atoms with Gasteiger partial charge >= 0.3 is 0 Å². The Labute approximate surface area is 135 Å². The summed E-state index contributed by atoms with van der Waals surface area (Å²) < 4.78 is 7.07. The lowest BCUT2D eigenvalue weighted by Crippen LogP contribution is -2.40. The van der Waals surface area contributed by atoms with Crippen molar-refractivity contribution in [1.82, 2.24) is 14.7 Å². The Kier molecular flexibility index (Phi) is 4.34. The van der Waals surface area contributed by atoms with Gasteiger partial charge in [-0.1, -0.05) is 6.07 Å². The number of benzene rings is 1. The highest BCUT2D eigenvalue weighted by molar-refractivity contribution is 5.92. The van der Waals surface area contributed by atoms with Crippen LogP contribution >= 0.6 is 0 Å². The molecule has 122 valence electrons. The van der Waals surface area contributed by atoms with Gasteiger partial charge in [-0.05, 0) is 43.5 Å². The number of hydrogen-bond donors (Lipinski definition) is 1. The SMILES string of the molecule is COc1ccc(C)cc1-n1ccc(C(=O)N2CCC[C@@H]2CN)n1. The summed E-state index contributed by atoms with van der Waals surface area (Å²) in [6.07, 6.45) is 3.76. The van der Waals surface area contributed by atoms with Gasteiger partial charge in [0.2, 0.25) is 0 Å². The lowest BCUT2D eigenvalue weighted by Gasteiger charge is -2.22. The summed E-state index contributed by atoms with van der Waals surface area (Å²) in [5.74, 6) is 0.669. The van der Waals surface area contributed by atoms with E-state index in [9.17, 15) is 4.79 Å². The lowest BCUT2D eigenvalue weighted by atomic mass is 10.2. The number of ether oxygens (including phenoxy) is 1. The van der Waals surface area contributed by atoms with E-state index < -0.39 is 0 Å². The number of nitrogens with zero attached hydrogens (tertiary/aromatic N) is 3. The molecule has 2 heterocycles. The number of nitrogens with two attached hydrogens (primary N) is 1. The number of aryl methyl sites for hydroxylation is 1. The highest BCUT2D eigenvalue weighted by Gasteiger charge is 2.29. The van der Waals surface area contributed by atoms with Crippen LogP contribution in [-0.2, 0) is 0 Å². The second-order valence-corrected chi connectivity index (χ2v) is 5.85. The van der Waals surface area contributed by atoms with Gasteiger partial charge in [0, 0.05) is 25.3 Å². The fraction of sp³-hybridized carbons (Fsp3) is 0.412. The maximum absolute atomic E-state index is 12.6. The smallest absolute Gasteiger partial charge is 0.274 e. The average molecular weight is 314 g/mol. The zero-order chi connectivity index (χ0) is 16.4. The normalized spacial score (nSPS) is 17.5. The number of rotatable bonds is 4. The van der Waals surface area contributed by atoms with Crippen molar-refractivity contribution in [1.29, 1.82) is 0 Å². The second-order valence-electron chi connectivity index (χ2n) is 5.85. The summed E-state index contributed by atoms with van der Waals surface area (Å²) in [6, 6.07) is 7.74. The Morgan fingerprint density at radius 3 is 3.00 bits per heavy atom. The molecule has 3 rings (SSSR count). The van der Waals surface area contributed by atoms with Crippen molar-refractivity contribution in [3.63, 3.8) is 0 Å². The predicted octanol–water partition coefficient (Wildman–Crippen LogP) is 1.75. The van der Waals surface area contributed by atoms with Crippen LogP contribution in [0.1, 0.15) is 28.9 Å². The average Bonchev–Trinajstić information content (AvgIpc) is 3.23. The van der Waals surface area contributed by atoms with E-state index in [0.717, 1.165) is 36.4 Å². The minimum absolute atomic E-state index is 0.0525. The van der Waals surface area contributed by atoms with Crippen LogP contribution < -0.4 is 10.5 Å². The monoisotopic (exact) mass is 314 g/mol. The number of amides is 1. The molecule has 2 N–H and O–H groups in total. The van der Waals surface area contributed by atoms with Crippen LogP contribution in [0, 0.1) is 6.92 Å². The van der Waals surface area contributed by atoms with Crippen molar-refractivity contribution >= 4 is 5.91 Å². The van der Waals surface area contributed by atoms with Crippen LogP contribution in [0.3, 0.4) is 0 Å². The summed E-state index contributed by atoms with van der Waals surface area (Å²) in [4.78, 5) is 14.5. The third-order valence-corrected chi connectivity index (χ3v) is 4.30. The summed E-state index contributed by atoms with van der Waals surface area (Å²) in [5, 5.41) is 4.45. The van der Waals surface area contributed by atoms with E-state index in [2.05, 4.69) is 5.10 Å². The van der Waals surface area contributed by atoms with Crippen molar-refractivity contribution in [3.8, 4) is 11.4 Å². The quantitative estimate of drug-likeness (QED) is 0.933. The molecule has 6 heteroatoms. The van der Waals surface area contributed by atoms with Crippen LogP contribution in [0.4, 0.5) is 0 Å². The molecule has 0 unspecified atom stereocenters. The van der Waals surface area contributed by atoms with Gasteiger partial charge < -0.3 is 15.4 Å². The number of carbonyl (C=O) groups is 1. The van der Waals surface area contributed by atoms with E-state index >= 15 is 0 Å². The van der Waals surface area contributed by atoms with Gasteiger partial charge in [-0.2, -0.15) is 5.10 Å². The lowest BCUT2D eigenvalue weighted by molar-refractivity contribution is 0.0734. The van der Waals surface area contributed by atoms with Gasteiger partial charge in [0.1, 0.15) is 11.4 Å². The predicted molar refractivity (Wildman–Crippen MR) is 88.0 cm³/mol. The largest absolute Gasteiger partial charge is 0.494 e. The molecule has 1 atom stereocenters. The number of methoxy groups -OCH3 is 1. The zero-order valence-corrected chi connectivity index (χ0v) is 13.5. The summed E-state index contributed by atoms with van der Waals surface area (Å²) in [5.41, 5.74) is 8.12. The Bertz CT molecular complexity index is 710. The first-order chi connectivity index (χ1) is 11.1. The molecule has 0 bridgehead atoms. The zero-order valence-electron chi connectivity index (χ0n) is 13.5. The highest BCUT2D eigenvalue weighted by atomic mass is 16.5. The molecule has 2 aromatic rings. The number of carbonyl (C=O) groups excluding carboxylic acids is 1. The maximum Gasteiger partial charge on any atom is 0.274 e. The first-order valence-electron chi connectivity index (χ1n) is 7.85. The van der Waals surface area contributed by atoms with Gasteiger partial charge in [0.05, 0.1) is 7.11 Å². The van der Waals surface area contributed by atoms with Crippen LogP contribution in [-0.4, -0.2) is 46.8 Å². The molecule has 1 amide bonds. The van der Waals surface area contributed by atoms with Crippen LogP contribution in [0.25, 0.3) is 5.69 Å². The van der Waals surface area contributed by atoms with Gasteiger partial charge in [-0.15, -0.1) is 0 Å². The Hall–Kier alpha value is -2.34. The fourth-order valence-electron chi connectivity index (χ4n) is 3.05. The molecule has 6 nitrogen and oxygen atoms in total. The standard InChI is InChI=1S/C17H22N4O2/c1-12-5-6-16(23-2)15(10-12)21-9-7-14(19-21)17(22)20-8-3-4-13(20)11-18/h5-7,9-10,13H,3-4,8,11,18H2,1-2H3/t13-/m1/s1. The Balaban J connectivity index is 1.89. The Morgan fingerprint density at radius 1 is 1.43 bits per heavy atom. The van der Waals surface area contributed by atoms with Crippen LogP contribution in [0.5, 0.6) is 5.75 Å². The molecule has 0 radical (unpaired) electrons. The molecule has 1 saturated heterocycles. The number of aromatic nitrogens is 2. The van der Waals surface area contributed by atoms with Crippen molar-refractivity contribution in [2.24, 2.45) is 5.73 Å². The molecule has 0 spiro atoms. The topological polar surface area (TPSA) is 73.4 Å². The summed E-state index contributed by atoms with van der Waals surface area (Å²) >= 11 is 0. The molecular formula is C17H22N4O2. The van der Waals surface area contributed by atoms with Crippen molar-refractivity contribution in [3.05, 3.63) is 41.7 Å². The molecule has 23 heavy (non-hydrogen) atoms. The van der Waals surface area contributed by atoms with Gasteiger partial charge in [-0.25, -0.2) is 4.68 Å². The van der Waals surface area contributed by atoms with Crippen LogP contribution in [0.2, 0.25) is 0 Å². The summed E-state index contributed by atoms with van der Waals surface area (Å²) in [7, 11) is 1.62. The Morgan fingerprint density at radius 2 is 2.26 bits per heavy atom.